The summed E-state index contributed by atoms with van der Waals surface area (Å²) in [6, 6.07) is 0. The van der Waals surface area contributed by atoms with Crippen molar-refractivity contribution in [3.63, 3.8) is 0 Å². The van der Waals surface area contributed by atoms with E-state index in [2.05, 4.69) is 0 Å². The van der Waals surface area contributed by atoms with Crippen LogP contribution < -0.4 is 175 Å². The molecule has 10 rings (SSSR count). The molecule has 2 heterocycles. The molecule has 0 unspecified atom stereocenters. The predicted molar refractivity (Wildman–Crippen MR) is 384 cm³/mol. The van der Waals surface area contributed by atoms with E-state index in [1.165, 1.54) is 9.13 Å². The molecule has 0 bridgehead atoms. The van der Waals surface area contributed by atoms with Gasteiger partial charge in [-0.05, 0) is 38.8 Å². The Bertz CT molecular complexity index is 4590. The third-order valence-corrected chi connectivity index (χ3v) is 15.7. The third-order valence-electron chi connectivity index (χ3n) is 15.7. The molecule has 0 spiro atoms. The molecule has 8 aromatic carbocycles. The zero-order valence-corrected chi connectivity index (χ0v) is 43.4. The first-order chi connectivity index (χ1) is 38.1. The van der Waals surface area contributed by atoms with E-state index in [9.17, 15) is 0 Å². The average molecular weight is 951 g/mol. The molecule has 0 N–H and O–H groups in total. The van der Waals surface area contributed by atoms with Crippen LogP contribution in [0.1, 0.15) is 0 Å². The lowest BCUT2D eigenvalue weighted by molar-refractivity contribution is 1.22. The molecule has 0 saturated carbocycles. The second-order valence-corrected chi connectivity index (χ2v) is 19.8. The van der Waals surface area contributed by atoms with Crippen LogP contribution in [-0.4, -0.2) is 260 Å². The minimum Gasteiger partial charge on any atom is -0.312 e. The molecule has 34 heteroatoms. The molecule has 2 aromatic heterocycles. The maximum Gasteiger partial charge on any atom is 0.115 e. The largest absolute Gasteiger partial charge is 0.312 e. The number of benzene rings is 8. The first-order valence-corrected chi connectivity index (χ1v) is 23.8. The van der Waals surface area contributed by atoms with Gasteiger partial charge in [0.2, 0.25) is 0 Å². The highest BCUT2D eigenvalue weighted by Crippen LogP contribution is 2.35. The Hall–Kier alpha value is -4.56. The van der Waals surface area contributed by atoms with Crippen molar-refractivity contribution in [2.75, 3.05) is 0 Å². The summed E-state index contributed by atoms with van der Waals surface area (Å²) in [5, 5.41) is -0.0280. The van der Waals surface area contributed by atoms with Crippen molar-refractivity contribution in [1.29, 1.82) is 0 Å². The highest BCUT2D eigenvalue weighted by Gasteiger charge is 2.32. The first kappa shape index (κ1) is 60.6. The predicted octanol–water partition coefficient (Wildman–Crippen LogP) is -25.7. The van der Waals surface area contributed by atoms with Crippen LogP contribution >= 0.6 is 0 Å². The minimum absolute atomic E-state index is 0.000109. The normalized spacial score (nSPS) is 11.8. The van der Waals surface area contributed by atoms with Crippen molar-refractivity contribution in [3.8, 4) is 44.8 Å². The van der Waals surface area contributed by atoms with Crippen molar-refractivity contribution < 1.29 is 0 Å². The Balaban J connectivity index is 1.44. The summed E-state index contributed by atoms with van der Waals surface area (Å²) in [7, 11) is 217. The van der Waals surface area contributed by atoms with Gasteiger partial charge in [0.15, 0.2) is 0 Å². The van der Waals surface area contributed by atoms with Gasteiger partial charge < -0.3 is 9.13 Å². The fourth-order valence-corrected chi connectivity index (χ4v) is 11.2. The monoisotopic (exact) mass is 956 g/mol. The standard InChI is InChI=1S/C48B32N2/c49-11-4(18(56)35(73)44-8(11)2-1(3-14(52)23(61)29(67)24(62)15(3)53)13(51)28(66)39(77)43(2)81(44)48-41(79)33(71)31(69)34(72)42(48)80)5-12(50)9-10-22(60)27(65)32(70)40(78)46(10)82(45(9)36(74)19(5)57)47-37(75)20(58)7(21(59)38(47)76)6-16(54)25(63)30(68)26(64)17(6)55. The summed E-state index contributed by atoms with van der Waals surface area (Å²) in [6.07, 6.45) is 0. The van der Waals surface area contributed by atoms with E-state index in [1.807, 2.05) is 0 Å². The second-order valence-electron chi connectivity index (χ2n) is 19.8. The van der Waals surface area contributed by atoms with Crippen LogP contribution in [0.4, 0.5) is 0 Å². The molecule has 64 radical (unpaired) electrons. The van der Waals surface area contributed by atoms with Gasteiger partial charge in [-0.25, -0.2) is 0 Å². The Morgan fingerprint density at radius 3 is 0.622 bits per heavy atom. The fraction of sp³-hybridized carbons (Fsp3) is 0. The van der Waals surface area contributed by atoms with Crippen LogP contribution in [0.5, 0.6) is 0 Å². The minimum atomic E-state index is -0.306. The maximum absolute atomic E-state index is 7.54. The lowest BCUT2D eigenvalue weighted by Crippen LogP contribution is -2.57. The molecular formula is C48B32N2. The summed E-state index contributed by atoms with van der Waals surface area (Å²) in [5.41, 5.74) is -7.53. The van der Waals surface area contributed by atoms with E-state index in [0.29, 0.717) is 0 Å². The molecule has 0 aliphatic heterocycles. The van der Waals surface area contributed by atoms with Crippen LogP contribution in [0.25, 0.3) is 88.4 Å². The first-order valence-electron chi connectivity index (χ1n) is 23.8. The molecule has 0 fully saturated rings. The van der Waals surface area contributed by atoms with Gasteiger partial charge in [-0.15, -0.1) is 65.6 Å². The summed E-state index contributed by atoms with van der Waals surface area (Å²) in [6.45, 7) is 0. The summed E-state index contributed by atoms with van der Waals surface area (Å²) < 4.78 is 2.72. The Kier molecular flexibility index (Phi) is 15.2. The Labute approximate surface area is 519 Å². The zero-order chi connectivity index (χ0) is 60.9. The van der Waals surface area contributed by atoms with Gasteiger partial charge in [-0.2, -0.15) is 0 Å². The lowest BCUT2D eigenvalue weighted by atomic mass is 9.56. The fourth-order valence-electron chi connectivity index (χ4n) is 11.2. The topological polar surface area (TPSA) is 9.86 Å². The smallest absolute Gasteiger partial charge is 0.115 e. The number of nitrogens with zero attached hydrogens (tertiary/aromatic N) is 2. The number of hydrogen-bond donors (Lipinski definition) is 0. The molecule has 82 heavy (non-hydrogen) atoms. The SMILES string of the molecule is [B]c1c([B])c([B])c(-c2c([B])c([B])c(-n3c4c([B])c([B])c([B])c([B])c4c4c([B])c(-c5c([B])c([B])c6c(c5[B])c5c(-c7c([B])c([B])c([B])c([B])c7[B])c([B])c([B])c([B])c5n6-c5c([B])c([B])c([B])c([B])c5[B])c([B])c([B])c43)c([B])c2[B])c([B])c1[B]. The molecule has 2 nitrogen and oxygen atoms in total. The molecule has 0 aliphatic rings. The Morgan fingerprint density at radius 2 is 0.280 bits per heavy atom. The zero-order valence-electron chi connectivity index (χ0n) is 43.4. The average Bonchev–Trinajstić information content (AvgIpc) is 1.64. The third kappa shape index (κ3) is 7.80. The van der Waals surface area contributed by atoms with E-state index in [1.54, 1.807) is 0 Å². The van der Waals surface area contributed by atoms with E-state index in [-0.39, 0.29) is 263 Å². The van der Waals surface area contributed by atoms with Gasteiger partial charge in [0.25, 0.3) is 0 Å². The second kappa shape index (κ2) is 20.6. The lowest BCUT2D eigenvalue weighted by Gasteiger charge is -2.30. The van der Waals surface area contributed by atoms with Crippen molar-refractivity contribution in [2.24, 2.45) is 0 Å². The van der Waals surface area contributed by atoms with Crippen molar-refractivity contribution >= 4 is 470 Å². The highest BCUT2D eigenvalue weighted by atomic mass is 15.0. The van der Waals surface area contributed by atoms with Crippen LogP contribution in [0.15, 0.2) is 0 Å². The van der Waals surface area contributed by atoms with Gasteiger partial charge in [-0.3, -0.25) is 0 Å². The molecule has 0 amide bonds. The summed E-state index contributed by atoms with van der Waals surface area (Å²) >= 11 is 0. The van der Waals surface area contributed by atoms with Crippen molar-refractivity contribution in [1.82, 2.24) is 9.13 Å². The molecule has 10 aromatic rings. The van der Waals surface area contributed by atoms with Crippen molar-refractivity contribution in [2.45, 2.75) is 0 Å². The quantitative estimate of drug-likeness (QED) is 0.152. The van der Waals surface area contributed by atoms with E-state index >= 15 is 0 Å². The van der Waals surface area contributed by atoms with Gasteiger partial charge in [0.1, 0.15) is 251 Å². The van der Waals surface area contributed by atoms with Crippen LogP contribution in [0.2, 0.25) is 0 Å². The molecule has 298 valence electrons. The van der Waals surface area contributed by atoms with E-state index in [0.717, 1.165) is 0 Å². The molecular weight excluding hydrogens is 951 g/mol. The van der Waals surface area contributed by atoms with E-state index < -0.39 is 0 Å². The Morgan fingerprint density at radius 1 is 0.122 bits per heavy atom. The van der Waals surface area contributed by atoms with Gasteiger partial charge in [-0.1, -0.05) is 109 Å². The highest BCUT2D eigenvalue weighted by molar-refractivity contribution is 6.77. The van der Waals surface area contributed by atoms with Gasteiger partial charge in [0.05, 0.1) is 0 Å². The van der Waals surface area contributed by atoms with Crippen molar-refractivity contribution in [3.05, 3.63) is 0 Å². The molecule has 0 atom stereocenters. The number of hydrogen-bond acceptors (Lipinski definition) is 0. The van der Waals surface area contributed by atoms with Crippen LogP contribution in [0.3, 0.4) is 0 Å². The number of rotatable bonds is 5. The molecule has 0 saturated heterocycles. The number of fused-ring (bicyclic) bond motifs is 6. The van der Waals surface area contributed by atoms with Crippen LogP contribution in [0, 0.1) is 0 Å². The van der Waals surface area contributed by atoms with E-state index in [4.69, 9.17) is 251 Å². The van der Waals surface area contributed by atoms with Crippen LogP contribution in [-0.2, 0) is 0 Å². The van der Waals surface area contributed by atoms with Gasteiger partial charge in [0, 0.05) is 49.6 Å². The summed E-state index contributed by atoms with van der Waals surface area (Å²) in [5.74, 6) is 0. The maximum atomic E-state index is 7.54. The summed E-state index contributed by atoms with van der Waals surface area (Å²) in [4.78, 5) is 0. The number of aromatic nitrogens is 2. The van der Waals surface area contributed by atoms with Gasteiger partial charge >= 0.3 is 0 Å². The molecule has 0 aliphatic carbocycles.